The fourth-order valence-corrected chi connectivity index (χ4v) is 1.94. The molecule has 1 nitrogen and oxygen atoms in total. The minimum atomic E-state index is -0.184. The van der Waals surface area contributed by atoms with Crippen molar-refractivity contribution in [2.45, 2.75) is 65.9 Å². The molecule has 2 atom stereocenters. The highest BCUT2D eigenvalue weighted by atomic mass is 16.3. The summed E-state index contributed by atoms with van der Waals surface area (Å²) in [5.41, 5.74) is 1.08. The smallest absolute Gasteiger partial charge is 0.0579 e. The second-order valence-corrected chi connectivity index (χ2v) is 5.48. The summed E-state index contributed by atoms with van der Waals surface area (Å²) in [7, 11) is 0. The van der Waals surface area contributed by atoms with E-state index >= 15 is 0 Å². The van der Waals surface area contributed by atoms with Crippen molar-refractivity contribution < 1.29 is 5.11 Å². The molecule has 90 valence electrons. The van der Waals surface area contributed by atoms with Crippen LogP contribution in [-0.2, 0) is 0 Å². The third-order valence-electron chi connectivity index (χ3n) is 2.74. The molecule has 0 saturated carbocycles. The van der Waals surface area contributed by atoms with Crippen LogP contribution in [-0.4, -0.2) is 11.2 Å². The van der Waals surface area contributed by atoms with E-state index in [1.165, 1.54) is 19.3 Å². The Morgan fingerprint density at radius 1 is 1.20 bits per heavy atom. The Kier molecular flexibility index (Phi) is 7.76. The van der Waals surface area contributed by atoms with Crippen LogP contribution in [0.5, 0.6) is 0 Å². The lowest BCUT2D eigenvalue weighted by molar-refractivity contribution is 0.142. The van der Waals surface area contributed by atoms with Crippen molar-refractivity contribution in [1.82, 2.24) is 0 Å². The molecule has 2 unspecified atom stereocenters. The van der Waals surface area contributed by atoms with E-state index in [1.54, 1.807) is 0 Å². The highest BCUT2D eigenvalue weighted by molar-refractivity contribution is 4.90. The molecular weight excluding hydrogens is 184 g/mol. The SMILES string of the molecule is C=C(C)CC(O)CC(C)CCCC(C)C. The summed E-state index contributed by atoms with van der Waals surface area (Å²) >= 11 is 0. The Balaban J connectivity index is 3.55. The van der Waals surface area contributed by atoms with Crippen LogP contribution in [0, 0.1) is 11.8 Å². The second-order valence-electron chi connectivity index (χ2n) is 5.48. The molecule has 15 heavy (non-hydrogen) atoms. The summed E-state index contributed by atoms with van der Waals surface area (Å²) in [6.07, 6.45) is 5.33. The lowest BCUT2D eigenvalue weighted by Crippen LogP contribution is -2.12. The topological polar surface area (TPSA) is 20.2 Å². The first-order chi connectivity index (χ1) is 6.91. The fraction of sp³-hybridized carbons (Fsp3) is 0.857. The van der Waals surface area contributed by atoms with Gasteiger partial charge in [-0.15, -0.1) is 6.58 Å². The molecule has 0 aromatic carbocycles. The molecule has 0 spiro atoms. The Labute approximate surface area is 95.6 Å². The van der Waals surface area contributed by atoms with Crippen molar-refractivity contribution in [1.29, 1.82) is 0 Å². The van der Waals surface area contributed by atoms with Crippen LogP contribution in [0.2, 0.25) is 0 Å². The zero-order chi connectivity index (χ0) is 11.8. The van der Waals surface area contributed by atoms with E-state index in [-0.39, 0.29) is 6.10 Å². The first kappa shape index (κ1) is 14.7. The first-order valence-corrected chi connectivity index (χ1v) is 6.24. The molecular formula is C14H28O. The first-order valence-electron chi connectivity index (χ1n) is 6.24. The zero-order valence-corrected chi connectivity index (χ0v) is 10.9. The highest BCUT2D eigenvalue weighted by Crippen LogP contribution is 2.19. The molecule has 0 aliphatic rings. The van der Waals surface area contributed by atoms with Gasteiger partial charge in [-0.1, -0.05) is 45.6 Å². The van der Waals surface area contributed by atoms with Crippen molar-refractivity contribution in [3.63, 3.8) is 0 Å². The molecule has 0 radical (unpaired) electrons. The minimum absolute atomic E-state index is 0.184. The largest absolute Gasteiger partial charge is 0.393 e. The van der Waals surface area contributed by atoms with E-state index < -0.39 is 0 Å². The molecule has 0 bridgehead atoms. The van der Waals surface area contributed by atoms with Gasteiger partial charge in [0, 0.05) is 0 Å². The number of rotatable bonds is 8. The van der Waals surface area contributed by atoms with Crippen molar-refractivity contribution in [2.24, 2.45) is 11.8 Å². The van der Waals surface area contributed by atoms with Gasteiger partial charge >= 0.3 is 0 Å². The van der Waals surface area contributed by atoms with Gasteiger partial charge in [-0.3, -0.25) is 0 Å². The Bertz CT molecular complexity index is 172. The van der Waals surface area contributed by atoms with E-state index in [0.717, 1.165) is 24.3 Å². The van der Waals surface area contributed by atoms with Crippen LogP contribution in [0.4, 0.5) is 0 Å². The van der Waals surface area contributed by atoms with E-state index in [2.05, 4.69) is 27.4 Å². The summed E-state index contributed by atoms with van der Waals surface area (Å²) in [6, 6.07) is 0. The summed E-state index contributed by atoms with van der Waals surface area (Å²) in [6.45, 7) is 12.6. The molecule has 0 heterocycles. The summed E-state index contributed by atoms with van der Waals surface area (Å²) in [5, 5.41) is 9.74. The van der Waals surface area contributed by atoms with E-state index in [1.807, 2.05) is 6.92 Å². The van der Waals surface area contributed by atoms with Gasteiger partial charge in [0.05, 0.1) is 6.10 Å². The van der Waals surface area contributed by atoms with Crippen LogP contribution >= 0.6 is 0 Å². The third kappa shape index (κ3) is 9.99. The average Bonchev–Trinajstić information content (AvgIpc) is 2.00. The van der Waals surface area contributed by atoms with Gasteiger partial charge < -0.3 is 5.11 Å². The number of aliphatic hydroxyl groups excluding tert-OH is 1. The van der Waals surface area contributed by atoms with Crippen LogP contribution in [0.1, 0.15) is 59.8 Å². The number of aliphatic hydroxyl groups is 1. The van der Waals surface area contributed by atoms with Crippen LogP contribution < -0.4 is 0 Å². The van der Waals surface area contributed by atoms with Crippen molar-refractivity contribution in [3.8, 4) is 0 Å². The standard InChI is InChI=1S/C14H28O/c1-11(2)7-6-8-13(5)10-14(15)9-12(3)4/h11,13-15H,3,6-10H2,1-2,4-5H3. The molecule has 0 aliphatic heterocycles. The summed E-state index contributed by atoms with van der Waals surface area (Å²) in [4.78, 5) is 0. The van der Waals surface area contributed by atoms with Gasteiger partial charge in [0.1, 0.15) is 0 Å². The maximum absolute atomic E-state index is 9.74. The van der Waals surface area contributed by atoms with Gasteiger partial charge in [-0.05, 0) is 31.6 Å². The normalized spacial score (nSPS) is 15.3. The van der Waals surface area contributed by atoms with Crippen LogP contribution in [0.15, 0.2) is 12.2 Å². The molecule has 0 fully saturated rings. The van der Waals surface area contributed by atoms with Crippen molar-refractivity contribution in [2.75, 3.05) is 0 Å². The van der Waals surface area contributed by atoms with E-state index in [4.69, 9.17) is 0 Å². The molecule has 1 N–H and O–H groups in total. The zero-order valence-electron chi connectivity index (χ0n) is 10.9. The van der Waals surface area contributed by atoms with Gasteiger partial charge in [-0.25, -0.2) is 0 Å². The van der Waals surface area contributed by atoms with Gasteiger partial charge in [0.25, 0.3) is 0 Å². The highest BCUT2D eigenvalue weighted by Gasteiger charge is 2.10. The molecule has 0 aliphatic carbocycles. The van der Waals surface area contributed by atoms with Crippen molar-refractivity contribution in [3.05, 3.63) is 12.2 Å². The van der Waals surface area contributed by atoms with Gasteiger partial charge in [0.15, 0.2) is 0 Å². The maximum Gasteiger partial charge on any atom is 0.0579 e. The van der Waals surface area contributed by atoms with E-state index in [9.17, 15) is 5.11 Å². The minimum Gasteiger partial charge on any atom is -0.393 e. The Morgan fingerprint density at radius 2 is 1.80 bits per heavy atom. The second kappa shape index (κ2) is 7.92. The monoisotopic (exact) mass is 212 g/mol. The number of hydrogen-bond donors (Lipinski definition) is 1. The molecule has 0 amide bonds. The molecule has 0 aromatic rings. The number of hydrogen-bond acceptors (Lipinski definition) is 1. The van der Waals surface area contributed by atoms with Gasteiger partial charge in [0.2, 0.25) is 0 Å². The molecule has 0 aromatic heterocycles. The Morgan fingerprint density at radius 3 is 2.27 bits per heavy atom. The van der Waals surface area contributed by atoms with Crippen LogP contribution in [0.25, 0.3) is 0 Å². The van der Waals surface area contributed by atoms with E-state index in [0.29, 0.717) is 5.92 Å². The predicted molar refractivity (Wildman–Crippen MR) is 67.9 cm³/mol. The van der Waals surface area contributed by atoms with Gasteiger partial charge in [-0.2, -0.15) is 0 Å². The lowest BCUT2D eigenvalue weighted by atomic mass is 9.93. The average molecular weight is 212 g/mol. The lowest BCUT2D eigenvalue weighted by Gasteiger charge is -2.16. The molecule has 1 heteroatoms. The maximum atomic E-state index is 9.74. The fourth-order valence-electron chi connectivity index (χ4n) is 1.94. The molecule has 0 rings (SSSR count). The Hall–Kier alpha value is -0.300. The summed E-state index contributed by atoms with van der Waals surface area (Å²) in [5.74, 6) is 1.44. The predicted octanol–water partition coefficient (Wildman–Crippen LogP) is 4.17. The molecule has 0 saturated heterocycles. The van der Waals surface area contributed by atoms with Crippen LogP contribution in [0.3, 0.4) is 0 Å². The van der Waals surface area contributed by atoms with Crippen molar-refractivity contribution >= 4 is 0 Å². The quantitative estimate of drug-likeness (QED) is 0.599. The summed E-state index contributed by atoms with van der Waals surface area (Å²) < 4.78 is 0. The third-order valence-corrected chi connectivity index (χ3v) is 2.74.